The van der Waals surface area contributed by atoms with Crippen LogP contribution < -0.4 is 5.73 Å². The Labute approximate surface area is 82.6 Å². The molecular weight excluding hydrogens is 176 g/mol. The zero-order valence-corrected chi connectivity index (χ0v) is 8.03. The van der Waals surface area contributed by atoms with Gasteiger partial charge in [-0.1, -0.05) is 18.2 Å². The number of hydrogen-bond donors (Lipinski definition) is 1. The number of aryl methyl sites for hydroxylation is 1. The lowest BCUT2D eigenvalue weighted by molar-refractivity contribution is 0.572. The molecule has 0 spiro atoms. The Balaban J connectivity index is 2.44. The quantitative estimate of drug-likeness (QED) is 0.785. The number of nitrogens with zero attached hydrogens (tertiary/aromatic N) is 1. The lowest BCUT2D eigenvalue weighted by atomic mass is 10.1. The number of oxazole rings is 1. The predicted octanol–water partition coefficient (Wildman–Crippen LogP) is 2.11. The van der Waals surface area contributed by atoms with Crippen LogP contribution in [0.4, 0.5) is 0 Å². The molecule has 2 rings (SSSR count). The summed E-state index contributed by atoms with van der Waals surface area (Å²) in [4.78, 5) is 4.27. The van der Waals surface area contributed by atoms with E-state index in [1.54, 1.807) is 6.26 Å². The number of nitrogens with two attached hydrogens (primary N) is 1. The van der Waals surface area contributed by atoms with Crippen molar-refractivity contribution in [2.75, 3.05) is 0 Å². The van der Waals surface area contributed by atoms with Gasteiger partial charge in [-0.05, 0) is 18.6 Å². The van der Waals surface area contributed by atoms with Crippen LogP contribution in [0.5, 0.6) is 0 Å². The van der Waals surface area contributed by atoms with E-state index < -0.39 is 0 Å². The molecule has 0 aliphatic carbocycles. The highest BCUT2D eigenvalue weighted by Gasteiger charge is 2.07. The third-order valence-corrected chi connectivity index (χ3v) is 2.14. The van der Waals surface area contributed by atoms with Gasteiger partial charge in [0.2, 0.25) is 5.89 Å². The molecule has 3 nitrogen and oxygen atoms in total. The average molecular weight is 188 g/mol. The van der Waals surface area contributed by atoms with Crippen LogP contribution in [-0.2, 0) is 6.54 Å². The van der Waals surface area contributed by atoms with Gasteiger partial charge in [-0.25, -0.2) is 4.98 Å². The number of benzene rings is 1. The fourth-order valence-corrected chi connectivity index (χ4v) is 1.34. The molecule has 14 heavy (non-hydrogen) atoms. The maximum atomic E-state index is 5.46. The summed E-state index contributed by atoms with van der Waals surface area (Å²) < 4.78 is 5.33. The second-order valence-electron chi connectivity index (χ2n) is 3.16. The van der Waals surface area contributed by atoms with E-state index in [-0.39, 0.29) is 0 Å². The molecule has 0 fully saturated rings. The van der Waals surface area contributed by atoms with Gasteiger partial charge in [-0.3, -0.25) is 0 Å². The standard InChI is InChI=1S/C11H12N2O/c1-8-4-2-3-5-10(8)11-13-9(6-12)7-14-11/h2-5,7H,6,12H2,1H3. The summed E-state index contributed by atoms with van der Waals surface area (Å²) >= 11 is 0. The topological polar surface area (TPSA) is 52.0 Å². The second kappa shape index (κ2) is 3.64. The zero-order chi connectivity index (χ0) is 9.97. The normalized spacial score (nSPS) is 10.4. The molecule has 72 valence electrons. The van der Waals surface area contributed by atoms with Gasteiger partial charge in [0.05, 0.1) is 5.69 Å². The van der Waals surface area contributed by atoms with Gasteiger partial charge in [0.25, 0.3) is 0 Å². The van der Waals surface area contributed by atoms with Gasteiger partial charge in [-0.15, -0.1) is 0 Å². The molecule has 1 heterocycles. The van der Waals surface area contributed by atoms with Crippen LogP contribution >= 0.6 is 0 Å². The van der Waals surface area contributed by atoms with Gasteiger partial charge in [0.15, 0.2) is 0 Å². The highest BCUT2D eigenvalue weighted by molar-refractivity contribution is 5.58. The zero-order valence-electron chi connectivity index (χ0n) is 8.03. The summed E-state index contributed by atoms with van der Waals surface area (Å²) in [5, 5.41) is 0. The first kappa shape index (κ1) is 8.97. The smallest absolute Gasteiger partial charge is 0.226 e. The molecule has 3 heteroatoms. The highest BCUT2D eigenvalue weighted by atomic mass is 16.3. The molecule has 0 atom stereocenters. The third-order valence-electron chi connectivity index (χ3n) is 2.14. The molecule has 0 amide bonds. The molecule has 0 unspecified atom stereocenters. The second-order valence-corrected chi connectivity index (χ2v) is 3.16. The summed E-state index contributed by atoms with van der Waals surface area (Å²) in [5.41, 5.74) is 8.41. The average Bonchev–Trinajstić information content (AvgIpc) is 2.67. The van der Waals surface area contributed by atoms with Crippen LogP contribution in [0.15, 0.2) is 34.9 Å². The van der Waals surface area contributed by atoms with Crippen LogP contribution in [0, 0.1) is 6.92 Å². The molecule has 0 radical (unpaired) electrons. The first-order chi connectivity index (χ1) is 6.81. The monoisotopic (exact) mass is 188 g/mol. The molecule has 0 aliphatic rings. The van der Waals surface area contributed by atoms with Gasteiger partial charge >= 0.3 is 0 Å². The van der Waals surface area contributed by atoms with E-state index in [1.165, 1.54) is 0 Å². The lowest BCUT2D eigenvalue weighted by Crippen LogP contribution is -1.95. The molecule has 1 aromatic carbocycles. The lowest BCUT2D eigenvalue weighted by Gasteiger charge is -1.98. The minimum atomic E-state index is 0.412. The van der Waals surface area contributed by atoms with Crippen molar-refractivity contribution in [2.24, 2.45) is 5.73 Å². The van der Waals surface area contributed by atoms with Crippen molar-refractivity contribution >= 4 is 0 Å². The SMILES string of the molecule is Cc1ccccc1-c1nc(CN)co1. The van der Waals surface area contributed by atoms with Crippen molar-refractivity contribution in [1.82, 2.24) is 4.98 Å². The van der Waals surface area contributed by atoms with E-state index in [2.05, 4.69) is 4.98 Å². The number of rotatable bonds is 2. The first-order valence-corrected chi connectivity index (χ1v) is 4.51. The summed E-state index contributed by atoms with van der Waals surface area (Å²) in [5.74, 6) is 0.642. The fourth-order valence-electron chi connectivity index (χ4n) is 1.34. The van der Waals surface area contributed by atoms with Gasteiger partial charge in [0.1, 0.15) is 6.26 Å². The van der Waals surface area contributed by atoms with Crippen molar-refractivity contribution < 1.29 is 4.42 Å². The highest BCUT2D eigenvalue weighted by Crippen LogP contribution is 2.21. The number of aromatic nitrogens is 1. The molecule has 0 saturated carbocycles. The molecule has 0 aliphatic heterocycles. The first-order valence-electron chi connectivity index (χ1n) is 4.51. The van der Waals surface area contributed by atoms with Crippen LogP contribution in [-0.4, -0.2) is 4.98 Å². The third kappa shape index (κ3) is 1.54. The summed E-state index contributed by atoms with van der Waals surface area (Å²) in [6.45, 7) is 2.44. The van der Waals surface area contributed by atoms with Crippen LogP contribution in [0.2, 0.25) is 0 Å². The van der Waals surface area contributed by atoms with Crippen molar-refractivity contribution in [3.63, 3.8) is 0 Å². The molecule has 1 aromatic heterocycles. The largest absolute Gasteiger partial charge is 0.444 e. The molecule has 2 aromatic rings. The minimum absolute atomic E-state index is 0.412. The van der Waals surface area contributed by atoms with E-state index >= 15 is 0 Å². The Hall–Kier alpha value is -1.61. The van der Waals surface area contributed by atoms with E-state index in [0.717, 1.165) is 16.8 Å². The van der Waals surface area contributed by atoms with E-state index in [1.807, 2.05) is 31.2 Å². The van der Waals surface area contributed by atoms with E-state index in [0.29, 0.717) is 12.4 Å². The molecule has 0 saturated heterocycles. The Morgan fingerprint density at radius 2 is 2.14 bits per heavy atom. The minimum Gasteiger partial charge on any atom is -0.444 e. The molecule has 0 bridgehead atoms. The summed E-state index contributed by atoms with van der Waals surface area (Å²) in [7, 11) is 0. The molecule has 2 N–H and O–H groups in total. The Bertz CT molecular complexity index is 434. The van der Waals surface area contributed by atoms with Gasteiger partial charge < -0.3 is 10.2 Å². The molecular formula is C11H12N2O. The van der Waals surface area contributed by atoms with Crippen LogP contribution in [0.1, 0.15) is 11.3 Å². The van der Waals surface area contributed by atoms with Gasteiger partial charge in [0, 0.05) is 12.1 Å². The Morgan fingerprint density at radius 3 is 2.79 bits per heavy atom. The van der Waals surface area contributed by atoms with Crippen molar-refractivity contribution in [3.8, 4) is 11.5 Å². The summed E-state index contributed by atoms with van der Waals surface area (Å²) in [6, 6.07) is 7.98. The number of hydrogen-bond acceptors (Lipinski definition) is 3. The van der Waals surface area contributed by atoms with Crippen LogP contribution in [0.3, 0.4) is 0 Å². The maximum absolute atomic E-state index is 5.46. The fraction of sp³-hybridized carbons (Fsp3) is 0.182. The summed E-state index contributed by atoms with van der Waals surface area (Å²) in [6.07, 6.45) is 1.60. The van der Waals surface area contributed by atoms with Crippen molar-refractivity contribution in [2.45, 2.75) is 13.5 Å². The van der Waals surface area contributed by atoms with Crippen LogP contribution in [0.25, 0.3) is 11.5 Å². The van der Waals surface area contributed by atoms with Crippen molar-refractivity contribution in [3.05, 3.63) is 41.8 Å². The Morgan fingerprint density at radius 1 is 1.36 bits per heavy atom. The Kier molecular flexibility index (Phi) is 2.33. The van der Waals surface area contributed by atoms with Crippen molar-refractivity contribution in [1.29, 1.82) is 0 Å². The van der Waals surface area contributed by atoms with Gasteiger partial charge in [-0.2, -0.15) is 0 Å². The maximum Gasteiger partial charge on any atom is 0.226 e. The van der Waals surface area contributed by atoms with E-state index in [9.17, 15) is 0 Å². The predicted molar refractivity (Wildman–Crippen MR) is 54.6 cm³/mol. The van der Waals surface area contributed by atoms with E-state index in [4.69, 9.17) is 10.2 Å².